The van der Waals surface area contributed by atoms with Crippen molar-refractivity contribution in [3.63, 3.8) is 0 Å². The summed E-state index contributed by atoms with van der Waals surface area (Å²) in [6.45, 7) is 4.43. The van der Waals surface area contributed by atoms with E-state index in [4.69, 9.17) is 24.3 Å². The molecule has 3 atom stereocenters. The Morgan fingerprint density at radius 1 is 0.440 bits per heavy atom. The average molecular weight is 1140 g/mol. The molecule has 1 aromatic heterocycles. The van der Waals surface area contributed by atoms with E-state index in [1.54, 1.807) is 28.4 Å². The molecule has 0 amide bonds. The molecule has 84 heavy (non-hydrogen) atoms. The van der Waals surface area contributed by atoms with Crippen molar-refractivity contribution in [3.05, 3.63) is 294 Å². The summed E-state index contributed by atoms with van der Waals surface area (Å²) in [5.41, 5.74) is 7.07. The summed E-state index contributed by atoms with van der Waals surface area (Å²) in [4.78, 5) is 44.8. The minimum absolute atomic E-state index is 0. The molecule has 0 aliphatic carbocycles. The number of nitrogens with zero attached hydrogens (tertiary/aromatic N) is 3. The number of hydroxylamine groups is 8. The molecule has 10 heteroatoms. The molecule has 0 fully saturated rings. The minimum atomic E-state index is -1.13. The number of unbranched alkanes of at least 4 members (excludes halogenated alkanes) is 1. The molecule has 1 N–H and O–H groups in total. The van der Waals surface area contributed by atoms with Crippen LogP contribution in [0.2, 0.25) is 0 Å². The molecule has 9 nitrogen and oxygen atoms in total. The maximum atomic E-state index is 13.2. The zero-order valence-corrected chi connectivity index (χ0v) is 50.1. The Kier molecular flexibility index (Phi) is 21.6. The van der Waals surface area contributed by atoms with Crippen molar-refractivity contribution in [2.45, 2.75) is 82.0 Å². The van der Waals surface area contributed by atoms with Crippen molar-refractivity contribution in [2.75, 3.05) is 28.4 Å². The normalized spacial score (nSPS) is 13.0. The van der Waals surface area contributed by atoms with Gasteiger partial charge >= 0.3 is 5.97 Å². The van der Waals surface area contributed by atoms with Crippen LogP contribution in [-0.4, -0.2) is 66.2 Å². The number of halogens is 1. The van der Waals surface area contributed by atoms with Crippen molar-refractivity contribution in [1.82, 2.24) is 4.98 Å². The Labute approximate surface area is 503 Å². The van der Waals surface area contributed by atoms with E-state index >= 15 is 0 Å². The monoisotopic (exact) mass is 1140 g/mol. The summed E-state index contributed by atoms with van der Waals surface area (Å²) in [6, 6.07) is 88.6. The Morgan fingerprint density at radius 3 is 1.14 bits per heavy atom. The summed E-state index contributed by atoms with van der Waals surface area (Å²) < 4.78 is 0. The van der Waals surface area contributed by atoms with E-state index in [1.165, 1.54) is 16.2 Å². The van der Waals surface area contributed by atoms with E-state index in [9.17, 15) is 9.90 Å². The van der Waals surface area contributed by atoms with Gasteiger partial charge in [-0.1, -0.05) is 275 Å². The van der Waals surface area contributed by atoms with Gasteiger partial charge in [-0.15, -0.1) is 12.4 Å². The van der Waals surface area contributed by atoms with Crippen LogP contribution in [0.1, 0.15) is 92.2 Å². The third-order valence-corrected chi connectivity index (χ3v) is 16.8. The number of carboxylic acids is 1. The number of pyridine rings is 1. The number of carbonyl (C=O) groups is 1. The lowest BCUT2D eigenvalue weighted by Gasteiger charge is -2.51. The summed E-state index contributed by atoms with van der Waals surface area (Å²) in [7, 11) is 6.79. The van der Waals surface area contributed by atoms with Crippen LogP contribution < -0.4 is 0 Å². The molecule has 0 aliphatic heterocycles. The summed E-state index contributed by atoms with van der Waals surface area (Å²) >= 11 is 0. The zero-order valence-electron chi connectivity index (χ0n) is 49.2. The largest absolute Gasteiger partial charge is 0.481 e. The molecule has 3 unspecified atom stereocenters. The van der Waals surface area contributed by atoms with Crippen LogP contribution in [0.3, 0.4) is 0 Å². The van der Waals surface area contributed by atoms with Gasteiger partial charge < -0.3 is 5.11 Å². The van der Waals surface area contributed by atoms with Gasteiger partial charge in [0, 0.05) is 69.0 Å². The minimum Gasteiger partial charge on any atom is -0.481 e. The van der Waals surface area contributed by atoms with E-state index in [-0.39, 0.29) is 35.6 Å². The van der Waals surface area contributed by atoms with E-state index in [1.807, 2.05) is 84.9 Å². The quantitative estimate of drug-likeness (QED) is 0.0264. The maximum Gasteiger partial charge on any atom is 0.309 e. The van der Waals surface area contributed by atoms with Crippen molar-refractivity contribution < 1.29 is 38.9 Å². The fourth-order valence-electron chi connectivity index (χ4n) is 13.2. The van der Waals surface area contributed by atoms with Gasteiger partial charge in [0.2, 0.25) is 11.1 Å². The number of hydrogen-bond acceptors (Lipinski definition) is 6. The van der Waals surface area contributed by atoms with Gasteiger partial charge in [-0.3, -0.25) is 4.79 Å². The standard InChI is InChI=1S/C55H65N2O6.C19H13N.ClH/c1-7-8-39-51(56(60-3,61-4)54(45-27-15-9-16-28-45,46-29-17-10-18-30-46)47-31-19-11-20-32-47)41-40-44(2)42-52(43-53(58)59)57(62-5,63-6)55(48-33-21-12-22-34-48,49-35-23-13-24-36-49)50-37-25-14-26-38-50;1-2-8-14(9-3-1)19-17-12-5-4-10-15(17)16-11-6-7-13-18(16)20-19;/h9-38,44,51-52H,7-8,39-43H2,1-6H3;1-13H;1H/q+1;;/p+1. The number of carboxylic acid groups (broad SMARTS) is 1. The van der Waals surface area contributed by atoms with Crippen molar-refractivity contribution in [1.29, 1.82) is 0 Å². The van der Waals surface area contributed by atoms with Crippen molar-refractivity contribution >= 4 is 40.1 Å². The Hall–Kier alpha value is -7.83. The van der Waals surface area contributed by atoms with Gasteiger partial charge in [0.05, 0.1) is 39.6 Å². The first-order valence-corrected chi connectivity index (χ1v) is 29.1. The molecule has 10 aromatic rings. The van der Waals surface area contributed by atoms with Gasteiger partial charge in [0.15, 0.2) is 12.1 Å². The predicted molar refractivity (Wildman–Crippen MR) is 341 cm³/mol. The van der Waals surface area contributed by atoms with E-state index in [2.05, 4.69) is 190 Å². The van der Waals surface area contributed by atoms with Crippen LogP contribution >= 0.6 is 12.4 Å². The highest BCUT2D eigenvalue weighted by molar-refractivity contribution is 6.10. The van der Waals surface area contributed by atoms with E-state index in [0.29, 0.717) is 6.42 Å². The zero-order chi connectivity index (χ0) is 58.1. The first-order valence-electron chi connectivity index (χ1n) is 29.1. The molecular weight excluding hydrogens is 1060 g/mol. The number of aromatic nitrogens is 1. The van der Waals surface area contributed by atoms with Gasteiger partial charge in [-0.25, -0.2) is 4.98 Å². The van der Waals surface area contributed by atoms with Gasteiger partial charge in [0.25, 0.3) is 0 Å². The third kappa shape index (κ3) is 12.1. The molecule has 9 aromatic carbocycles. The Balaban J connectivity index is 0.000000364. The van der Waals surface area contributed by atoms with Crippen LogP contribution in [0.15, 0.2) is 261 Å². The molecule has 0 saturated heterocycles. The summed E-state index contributed by atoms with van der Waals surface area (Å²) in [5, 5.41) is 14.4. The van der Waals surface area contributed by atoms with Crippen LogP contribution in [0.5, 0.6) is 0 Å². The maximum absolute atomic E-state index is 13.2. The van der Waals surface area contributed by atoms with Crippen LogP contribution in [0.25, 0.3) is 32.9 Å². The second-order valence-corrected chi connectivity index (χ2v) is 21.4. The number of fused-ring (bicyclic) bond motifs is 3. The van der Waals surface area contributed by atoms with E-state index in [0.717, 1.165) is 82.3 Å². The van der Waals surface area contributed by atoms with Gasteiger partial charge in [0.1, 0.15) is 6.42 Å². The first kappa shape index (κ1) is 62.2. The predicted octanol–water partition coefficient (Wildman–Crippen LogP) is 17.5. The number of hydrogen-bond donors (Lipinski definition) is 1. The van der Waals surface area contributed by atoms with Gasteiger partial charge in [-0.05, 0) is 39.8 Å². The fraction of sp³-hybridized carbons (Fsp3) is 0.243. The lowest BCUT2D eigenvalue weighted by atomic mass is 9.74. The fourth-order valence-corrected chi connectivity index (χ4v) is 13.2. The molecule has 0 saturated carbocycles. The molecular formula is C74H80ClN3O6+2. The number of quaternary nitrogens is 2. The molecule has 0 radical (unpaired) electrons. The Bertz CT molecular complexity index is 3380. The first-order chi connectivity index (χ1) is 40.7. The lowest BCUT2D eigenvalue weighted by molar-refractivity contribution is -1.28. The molecule has 0 spiro atoms. The molecule has 432 valence electrons. The smallest absolute Gasteiger partial charge is 0.309 e. The van der Waals surface area contributed by atoms with Crippen LogP contribution in [0, 0.1) is 5.92 Å². The number of benzene rings is 9. The SMILES string of the molecule is CCCCC(CCC(C)CC(CC(=O)O)[N+](OC)(OC)C(c1ccccc1)(c1ccccc1)c1ccccc1)[N+](OC)(OC)C(c1ccccc1)(c1ccccc1)c1ccccc1.Cl.c1ccc(-c2nc3ccccc3c3ccccc23)cc1. The van der Waals surface area contributed by atoms with E-state index < -0.39 is 27.9 Å². The highest BCUT2D eigenvalue weighted by atomic mass is 35.5. The number of para-hydroxylation sites is 1. The Morgan fingerprint density at radius 2 is 0.774 bits per heavy atom. The lowest BCUT2D eigenvalue weighted by Crippen LogP contribution is -2.67. The third-order valence-electron chi connectivity index (χ3n) is 16.8. The molecule has 0 aliphatic rings. The highest BCUT2D eigenvalue weighted by Crippen LogP contribution is 2.53. The topological polar surface area (TPSA) is 87.1 Å². The average Bonchev–Trinajstić information content (AvgIpc) is 0.909. The van der Waals surface area contributed by atoms with Crippen LogP contribution in [0.4, 0.5) is 0 Å². The highest BCUT2D eigenvalue weighted by Gasteiger charge is 2.65. The molecule has 10 rings (SSSR count). The molecule has 0 bridgehead atoms. The number of rotatable bonds is 25. The summed E-state index contributed by atoms with van der Waals surface area (Å²) in [5.74, 6) is -0.919. The number of aliphatic carboxylic acids is 1. The van der Waals surface area contributed by atoms with Crippen molar-refractivity contribution in [3.8, 4) is 11.3 Å². The van der Waals surface area contributed by atoms with Crippen molar-refractivity contribution in [2.24, 2.45) is 5.92 Å². The molecule has 1 heterocycles. The van der Waals surface area contributed by atoms with Crippen LogP contribution in [-0.2, 0) is 35.2 Å². The van der Waals surface area contributed by atoms with Gasteiger partial charge in [-0.2, -0.15) is 19.4 Å². The second-order valence-electron chi connectivity index (χ2n) is 21.4. The second kappa shape index (κ2) is 29.1. The summed E-state index contributed by atoms with van der Waals surface area (Å²) in [6.07, 6.45) is 4.53.